The van der Waals surface area contributed by atoms with E-state index in [1.807, 2.05) is 97.2 Å². The average molecular weight is 1080 g/mol. The molecule has 5 heterocycles. The molecule has 0 atom stereocenters. The standard InChI is InChI=1S/C64H82N16/c1-17-33-73(34-18-2)49-50(74(35-19-3)36-20-4)58-65-57(49)69-59-51(75(37-21-5)38-22-6)52(76(39-23-7)40-24-8)61(66-59)71-63-55(79(45-29-13)46-30-14)56(80(47-31-15)48-32-16)64(68-63)72-62-54(78(43-27-11)44-28-12)53(60(67-62)70-58)77(41-25-9)42-26-10/h17-32H,1-16,33-48H2,(H2,65,66,67,68,69,70,71,72). The van der Waals surface area contributed by atoms with Crippen LogP contribution in [0.5, 0.6) is 0 Å². The molecule has 2 aliphatic heterocycles. The van der Waals surface area contributed by atoms with Crippen molar-refractivity contribution in [3.05, 3.63) is 226 Å². The third kappa shape index (κ3) is 13.8. The van der Waals surface area contributed by atoms with E-state index in [-0.39, 0.29) is 0 Å². The molecular weight excluding hydrogens is 993 g/mol. The van der Waals surface area contributed by atoms with Crippen molar-refractivity contribution in [2.75, 3.05) is 124 Å². The second-order valence-corrected chi connectivity index (χ2v) is 18.3. The third-order valence-electron chi connectivity index (χ3n) is 12.5. The van der Waals surface area contributed by atoms with E-state index < -0.39 is 0 Å². The van der Waals surface area contributed by atoms with Crippen molar-refractivity contribution >= 4 is 68.1 Å². The summed E-state index contributed by atoms with van der Waals surface area (Å²) in [6.07, 6.45) is 29.5. The molecule has 16 heteroatoms. The Kier molecular flexibility index (Phi) is 23.9. The Hall–Kier alpha value is -9.44. The SMILES string of the molecule is C=CCN(CC=C)C1=C(N(CC=C)CC=C)c2nc1nc1nc(nc3[nH]c(nc4[nH]c(n2)c(N(CC=C)CC=C)c4N(CC=C)CC=C)c(N(CC=C)CC=C)c3N(CC=C)CC=C)C(N(CC=C)CC=C)=C1N(CC=C)CC=C. The summed E-state index contributed by atoms with van der Waals surface area (Å²) in [5, 5.41) is 0. The van der Waals surface area contributed by atoms with E-state index in [4.69, 9.17) is 29.9 Å². The third-order valence-corrected chi connectivity index (χ3v) is 12.5. The maximum atomic E-state index is 5.69. The first-order valence-electron chi connectivity index (χ1n) is 26.6. The van der Waals surface area contributed by atoms with Crippen LogP contribution in [0.2, 0.25) is 0 Å². The summed E-state index contributed by atoms with van der Waals surface area (Å²) < 4.78 is 0. The molecule has 3 aromatic heterocycles. The second-order valence-electron chi connectivity index (χ2n) is 18.3. The van der Waals surface area contributed by atoms with Crippen LogP contribution in [0.3, 0.4) is 0 Å². The van der Waals surface area contributed by atoms with E-state index >= 15 is 0 Å². The highest BCUT2D eigenvalue weighted by Gasteiger charge is 2.36. The van der Waals surface area contributed by atoms with Crippen LogP contribution in [-0.2, 0) is 0 Å². The predicted molar refractivity (Wildman–Crippen MR) is 344 cm³/mol. The zero-order valence-electron chi connectivity index (χ0n) is 47.1. The lowest BCUT2D eigenvalue weighted by Gasteiger charge is -2.30. The Morgan fingerprint density at radius 1 is 0.212 bits per heavy atom. The first-order chi connectivity index (χ1) is 39.0. The van der Waals surface area contributed by atoms with Crippen LogP contribution in [0.4, 0.5) is 22.7 Å². The lowest BCUT2D eigenvalue weighted by molar-refractivity contribution is 0.452. The number of rotatable bonds is 40. The first-order valence-corrected chi connectivity index (χ1v) is 26.6. The van der Waals surface area contributed by atoms with Gasteiger partial charge in [0.15, 0.2) is 45.9 Å². The van der Waals surface area contributed by atoms with E-state index in [2.05, 4.69) is 154 Å². The number of nitrogens with zero attached hydrogens (tertiary/aromatic N) is 14. The van der Waals surface area contributed by atoms with Gasteiger partial charge in [-0.1, -0.05) is 97.2 Å². The van der Waals surface area contributed by atoms with Crippen LogP contribution in [-0.4, -0.2) is 164 Å². The van der Waals surface area contributed by atoms with Gasteiger partial charge in [0.2, 0.25) is 0 Å². The minimum Gasteiger partial charge on any atom is -0.359 e. The van der Waals surface area contributed by atoms with Gasteiger partial charge >= 0.3 is 0 Å². The molecule has 418 valence electrons. The summed E-state index contributed by atoms with van der Waals surface area (Å²) in [7, 11) is 0. The van der Waals surface area contributed by atoms with Gasteiger partial charge in [-0.2, -0.15) is 0 Å². The quantitative estimate of drug-likeness (QED) is 0.0523. The normalized spacial score (nSPS) is 11.5. The maximum absolute atomic E-state index is 5.69. The van der Waals surface area contributed by atoms with Gasteiger partial charge in [-0.25, -0.2) is 29.9 Å². The molecule has 0 saturated carbocycles. The largest absolute Gasteiger partial charge is 0.359 e. The van der Waals surface area contributed by atoms with Gasteiger partial charge in [-0.05, 0) is 0 Å². The van der Waals surface area contributed by atoms with E-state index in [1.54, 1.807) is 0 Å². The highest BCUT2D eigenvalue weighted by Crippen LogP contribution is 2.43. The molecule has 0 fully saturated rings. The smallest absolute Gasteiger partial charge is 0.182 e. The molecule has 0 aromatic carbocycles. The Morgan fingerprint density at radius 3 is 0.537 bits per heavy atom. The molecule has 3 aromatic rings. The number of hydrogen-bond acceptors (Lipinski definition) is 14. The molecule has 16 nitrogen and oxygen atoms in total. The molecule has 5 rings (SSSR count). The van der Waals surface area contributed by atoms with E-state index in [0.717, 1.165) is 0 Å². The van der Waals surface area contributed by atoms with Crippen molar-refractivity contribution < 1.29 is 0 Å². The number of nitrogens with one attached hydrogen (secondary N) is 2. The zero-order chi connectivity index (χ0) is 58.1. The Labute approximate surface area is 475 Å². The van der Waals surface area contributed by atoms with Gasteiger partial charge < -0.3 is 49.2 Å². The number of aromatic amines is 2. The van der Waals surface area contributed by atoms with Crippen molar-refractivity contribution in [1.82, 2.24) is 59.5 Å². The van der Waals surface area contributed by atoms with Crippen LogP contribution in [0.25, 0.3) is 45.4 Å². The maximum Gasteiger partial charge on any atom is 0.182 e. The van der Waals surface area contributed by atoms with Crippen molar-refractivity contribution in [2.45, 2.75) is 0 Å². The van der Waals surface area contributed by atoms with E-state index in [9.17, 15) is 0 Å². The molecule has 2 aliphatic rings. The van der Waals surface area contributed by atoms with Crippen molar-refractivity contribution in [3.8, 4) is 0 Å². The summed E-state index contributed by atoms with van der Waals surface area (Å²) >= 11 is 0. The lowest BCUT2D eigenvalue weighted by Crippen LogP contribution is -2.30. The monoisotopic (exact) mass is 1070 g/mol. The Bertz CT molecular complexity index is 2810. The van der Waals surface area contributed by atoms with Crippen molar-refractivity contribution in [1.29, 1.82) is 0 Å². The Balaban J connectivity index is 2.42. The molecule has 0 saturated heterocycles. The van der Waals surface area contributed by atoms with E-state index in [0.29, 0.717) is 196 Å². The highest BCUT2D eigenvalue weighted by atomic mass is 15.3. The van der Waals surface area contributed by atoms with Crippen molar-refractivity contribution in [2.24, 2.45) is 0 Å². The van der Waals surface area contributed by atoms with Crippen molar-refractivity contribution in [3.63, 3.8) is 0 Å². The molecule has 80 heavy (non-hydrogen) atoms. The van der Waals surface area contributed by atoms with Crippen LogP contribution >= 0.6 is 0 Å². The number of hydrogen-bond donors (Lipinski definition) is 2. The minimum atomic E-state index is 0.325. The zero-order valence-corrected chi connectivity index (χ0v) is 47.1. The molecule has 8 bridgehead atoms. The Morgan fingerprint density at radius 2 is 0.362 bits per heavy atom. The fourth-order valence-electron chi connectivity index (χ4n) is 9.72. The van der Waals surface area contributed by atoms with Gasteiger partial charge in [0.1, 0.15) is 45.5 Å². The van der Waals surface area contributed by atoms with Crippen LogP contribution in [0.1, 0.15) is 23.3 Å². The summed E-state index contributed by atoms with van der Waals surface area (Å²) in [6, 6.07) is 0. The molecule has 0 radical (unpaired) electrons. The molecule has 0 unspecified atom stereocenters. The predicted octanol–water partition coefficient (Wildman–Crippen LogP) is 11.0. The highest BCUT2D eigenvalue weighted by molar-refractivity contribution is 6.00. The van der Waals surface area contributed by atoms with Crippen LogP contribution in [0.15, 0.2) is 202 Å². The summed E-state index contributed by atoms with van der Waals surface area (Å²) in [6.45, 7) is 73.5. The van der Waals surface area contributed by atoms with Gasteiger partial charge in [-0.3, -0.25) is 0 Å². The minimum absolute atomic E-state index is 0.325. The molecule has 0 aliphatic carbocycles. The number of aromatic nitrogens is 8. The lowest BCUT2D eigenvalue weighted by atomic mass is 10.2. The van der Waals surface area contributed by atoms with Crippen LogP contribution < -0.4 is 19.6 Å². The van der Waals surface area contributed by atoms with Gasteiger partial charge in [0, 0.05) is 105 Å². The average Bonchev–Trinajstić information content (AvgIpc) is 4.18. The number of H-pyrrole nitrogens is 2. The first kappa shape index (κ1) is 61.4. The van der Waals surface area contributed by atoms with Gasteiger partial charge in [-0.15, -0.1) is 105 Å². The summed E-state index contributed by atoms with van der Waals surface area (Å²) in [5.74, 6) is 1.33. The van der Waals surface area contributed by atoms with Crippen LogP contribution in [0, 0.1) is 0 Å². The van der Waals surface area contributed by atoms with E-state index in [1.165, 1.54) is 0 Å². The summed E-state index contributed by atoms with van der Waals surface area (Å²) in [4.78, 5) is 58.1. The van der Waals surface area contributed by atoms with Gasteiger partial charge in [0.25, 0.3) is 0 Å². The number of anilines is 4. The van der Waals surface area contributed by atoms with Gasteiger partial charge in [0.05, 0.1) is 0 Å². The topological polar surface area (TPSA) is 135 Å². The summed E-state index contributed by atoms with van der Waals surface area (Å²) in [5.41, 5.74) is 7.25. The molecule has 2 N–H and O–H groups in total. The fraction of sp³-hybridized carbons (Fsp3) is 0.250. The molecule has 0 amide bonds. The fourth-order valence-corrected chi connectivity index (χ4v) is 9.72. The number of fused-ring (bicyclic) bond motifs is 8. The second kappa shape index (κ2) is 31.1. The molecular formula is C64H82N16. The molecule has 0 spiro atoms.